The van der Waals surface area contributed by atoms with Crippen LogP contribution in [0.25, 0.3) is 0 Å². The van der Waals surface area contributed by atoms with Gasteiger partial charge in [0.25, 0.3) is 0 Å². The maximum atomic E-state index is 12.4. The summed E-state index contributed by atoms with van der Waals surface area (Å²) in [6.07, 6.45) is 2.13. The van der Waals surface area contributed by atoms with Crippen LogP contribution in [0.4, 0.5) is 10.1 Å². The molecule has 13 heavy (non-hydrogen) atoms. The Kier molecular flexibility index (Phi) is 2.21. The molecule has 0 amide bonds. The molecule has 2 rings (SSSR count). The molecular formula is C11H14FN. The van der Waals surface area contributed by atoms with Gasteiger partial charge in [-0.15, -0.1) is 0 Å². The molecule has 0 heterocycles. The second kappa shape index (κ2) is 3.36. The monoisotopic (exact) mass is 179 g/mol. The van der Waals surface area contributed by atoms with E-state index in [4.69, 9.17) is 5.73 Å². The lowest BCUT2D eigenvalue weighted by atomic mass is 9.71. The first kappa shape index (κ1) is 8.54. The molecule has 1 fully saturated rings. The van der Waals surface area contributed by atoms with Crippen LogP contribution in [-0.4, -0.2) is 6.67 Å². The molecule has 0 saturated heterocycles. The van der Waals surface area contributed by atoms with E-state index in [-0.39, 0.29) is 12.6 Å². The molecular weight excluding hydrogens is 165 g/mol. The molecule has 0 aromatic heterocycles. The summed E-state index contributed by atoms with van der Waals surface area (Å²) in [6, 6.07) is 7.82. The summed E-state index contributed by atoms with van der Waals surface area (Å²) < 4.78 is 12.4. The fourth-order valence-corrected chi connectivity index (χ4v) is 1.98. The van der Waals surface area contributed by atoms with Crippen molar-refractivity contribution < 1.29 is 4.39 Å². The van der Waals surface area contributed by atoms with Crippen LogP contribution in [0.2, 0.25) is 0 Å². The smallest absolute Gasteiger partial charge is 0.0928 e. The number of anilines is 1. The number of halogens is 1. The second-order valence-electron chi connectivity index (χ2n) is 3.77. The molecule has 1 aromatic carbocycles. The van der Waals surface area contributed by atoms with Crippen molar-refractivity contribution in [3.05, 3.63) is 29.8 Å². The van der Waals surface area contributed by atoms with E-state index in [1.807, 2.05) is 24.3 Å². The predicted molar refractivity (Wildman–Crippen MR) is 52.3 cm³/mol. The highest BCUT2D eigenvalue weighted by Gasteiger charge is 2.31. The number of hydrogen-bond acceptors (Lipinski definition) is 1. The van der Waals surface area contributed by atoms with Gasteiger partial charge in [-0.25, -0.2) is 0 Å². The number of alkyl halides is 1. The summed E-state index contributed by atoms with van der Waals surface area (Å²) in [7, 11) is 0. The zero-order valence-electron chi connectivity index (χ0n) is 7.54. The summed E-state index contributed by atoms with van der Waals surface area (Å²) in [4.78, 5) is 0. The van der Waals surface area contributed by atoms with Crippen LogP contribution in [0, 0.1) is 5.92 Å². The Morgan fingerprint density at radius 1 is 1.38 bits per heavy atom. The number of nitrogens with two attached hydrogens (primary N) is 1. The highest BCUT2D eigenvalue weighted by Crippen LogP contribution is 2.42. The van der Waals surface area contributed by atoms with Crippen LogP contribution in [0.3, 0.4) is 0 Å². The van der Waals surface area contributed by atoms with Gasteiger partial charge in [0.15, 0.2) is 0 Å². The van der Waals surface area contributed by atoms with Gasteiger partial charge in [-0.05, 0) is 42.4 Å². The van der Waals surface area contributed by atoms with E-state index in [9.17, 15) is 4.39 Å². The van der Waals surface area contributed by atoms with Crippen molar-refractivity contribution >= 4 is 5.69 Å². The van der Waals surface area contributed by atoms with Gasteiger partial charge in [-0.2, -0.15) is 0 Å². The number of nitrogen functional groups attached to an aromatic ring is 1. The van der Waals surface area contributed by atoms with Gasteiger partial charge in [-0.1, -0.05) is 12.1 Å². The van der Waals surface area contributed by atoms with Gasteiger partial charge in [0.1, 0.15) is 0 Å². The van der Waals surface area contributed by atoms with Crippen molar-refractivity contribution in [3.63, 3.8) is 0 Å². The van der Waals surface area contributed by atoms with Gasteiger partial charge in [0, 0.05) is 5.69 Å². The SMILES string of the molecule is Nc1cccc(C2CCC2CF)c1. The Hall–Kier alpha value is -1.05. The molecule has 0 aliphatic heterocycles. The third-order valence-electron chi connectivity index (χ3n) is 2.95. The third-order valence-corrected chi connectivity index (χ3v) is 2.95. The first-order valence-electron chi connectivity index (χ1n) is 4.72. The largest absolute Gasteiger partial charge is 0.399 e. The van der Waals surface area contributed by atoms with E-state index in [2.05, 4.69) is 0 Å². The summed E-state index contributed by atoms with van der Waals surface area (Å²) in [5, 5.41) is 0. The van der Waals surface area contributed by atoms with Gasteiger partial charge >= 0.3 is 0 Å². The summed E-state index contributed by atoms with van der Waals surface area (Å²) in [5.74, 6) is 0.648. The lowest BCUT2D eigenvalue weighted by Crippen LogP contribution is -2.25. The van der Waals surface area contributed by atoms with Crippen molar-refractivity contribution in [1.29, 1.82) is 0 Å². The van der Waals surface area contributed by atoms with Gasteiger partial charge in [0.05, 0.1) is 6.67 Å². The minimum atomic E-state index is -0.195. The van der Waals surface area contributed by atoms with E-state index in [1.54, 1.807) is 0 Å². The normalized spacial score (nSPS) is 26.8. The molecule has 0 radical (unpaired) electrons. The summed E-state index contributed by atoms with van der Waals surface area (Å²) in [5.41, 5.74) is 7.65. The van der Waals surface area contributed by atoms with E-state index in [1.165, 1.54) is 5.56 Å². The lowest BCUT2D eigenvalue weighted by Gasteiger charge is -2.35. The lowest BCUT2D eigenvalue weighted by molar-refractivity contribution is 0.200. The Labute approximate surface area is 77.8 Å². The van der Waals surface area contributed by atoms with Crippen molar-refractivity contribution in [3.8, 4) is 0 Å². The molecule has 2 heteroatoms. The molecule has 70 valence electrons. The first-order valence-corrected chi connectivity index (χ1v) is 4.72. The van der Waals surface area contributed by atoms with Crippen LogP contribution in [-0.2, 0) is 0 Å². The first-order chi connectivity index (χ1) is 6.31. The maximum Gasteiger partial charge on any atom is 0.0928 e. The Bertz CT molecular complexity index is 296. The quantitative estimate of drug-likeness (QED) is 0.694. The van der Waals surface area contributed by atoms with E-state index in [0.717, 1.165) is 18.5 Å². The van der Waals surface area contributed by atoms with E-state index < -0.39 is 0 Å². The maximum absolute atomic E-state index is 12.4. The number of benzene rings is 1. The van der Waals surface area contributed by atoms with Crippen molar-refractivity contribution in [2.45, 2.75) is 18.8 Å². The molecule has 0 spiro atoms. The van der Waals surface area contributed by atoms with Crippen LogP contribution in [0.5, 0.6) is 0 Å². The second-order valence-corrected chi connectivity index (χ2v) is 3.77. The van der Waals surface area contributed by atoms with Crippen molar-refractivity contribution in [2.75, 3.05) is 12.4 Å². The standard InChI is InChI=1S/C11H14FN/c12-7-9-4-5-11(9)8-2-1-3-10(13)6-8/h1-3,6,9,11H,4-5,7,13H2. The molecule has 2 unspecified atom stereocenters. The molecule has 1 aliphatic rings. The highest BCUT2D eigenvalue weighted by atomic mass is 19.1. The molecule has 1 aliphatic carbocycles. The topological polar surface area (TPSA) is 26.0 Å². The Morgan fingerprint density at radius 3 is 2.77 bits per heavy atom. The average Bonchev–Trinajstić information content (AvgIpc) is 2.03. The Morgan fingerprint density at radius 2 is 2.23 bits per heavy atom. The van der Waals surface area contributed by atoms with Crippen LogP contribution in [0.15, 0.2) is 24.3 Å². The average molecular weight is 179 g/mol. The van der Waals surface area contributed by atoms with E-state index in [0.29, 0.717) is 5.92 Å². The highest BCUT2D eigenvalue weighted by molar-refractivity contribution is 5.42. The zero-order chi connectivity index (χ0) is 9.26. The van der Waals surface area contributed by atoms with Crippen LogP contribution < -0.4 is 5.73 Å². The summed E-state index contributed by atoms with van der Waals surface area (Å²) in [6.45, 7) is -0.195. The molecule has 1 saturated carbocycles. The van der Waals surface area contributed by atoms with Crippen LogP contribution in [0.1, 0.15) is 24.3 Å². The summed E-state index contributed by atoms with van der Waals surface area (Å²) >= 11 is 0. The number of hydrogen-bond donors (Lipinski definition) is 1. The van der Waals surface area contributed by atoms with Crippen molar-refractivity contribution in [1.82, 2.24) is 0 Å². The molecule has 0 bridgehead atoms. The minimum Gasteiger partial charge on any atom is -0.399 e. The fourth-order valence-electron chi connectivity index (χ4n) is 1.98. The van der Waals surface area contributed by atoms with Gasteiger partial charge < -0.3 is 5.73 Å². The predicted octanol–water partition coefficient (Wildman–Crippen LogP) is 2.73. The van der Waals surface area contributed by atoms with Crippen molar-refractivity contribution in [2.24, 2.45) is 5.92 Å². The minimum absolute atomic E-state index is 0.195. The van der Waals surface area contributed by atoms with Gasteiger partial charge in [-0.3, -0.25) is 4.39 Å². The third kappa shape index (κ3) is 1.53. The molecule has 2 N–H and O–H groups in total. The molecule has 1 aromatic rings. The van der Waals surface area contributed by atoms with E-state index >= 15 is 0 Å². The van der Waals surface area contributed by atoms with Gasteiger partial charge in [0.2, 0.25) is 0 Å². The zero-order valence-corrected chi connectivity index (χ0v) is 7.54. The Balaban J connectivity index is 2.16. The molecule has 1 nitrogen and oxygen atoms in total. The molecule has 2 atom stereocenters. The van der Waals surface area contributed by atoms with Crippen LogP contribution >= 0.6 is 0 Å². The number of rotatable bonds is 2. The fraction of sp³-hybridized carbons (Fsp3) is 0.455.